The number of benzene rings is 2. The molecule has 2 saturated carbocycles. The molecule has 2 heterocycles. The Morgan fingerprint density at radius 1 is 1.03 bits per heavy atom. The van der Waals surface area contributed by atoms with Crippen LogP contribution in [-0.2, 0) is 11.8 Å². The second kappa shape index (κ2) is 9.46. The van der Waals surface area contributed by atoms with E-state index in [4.69, 9.17) is 5.10 Å². The first kappa shape index (κ1) is 22.3. The molecule has 2 aliphatic carbocycles. The molecular formula is C28H29N5OS. The van der Waals surface area contributed by atoms with E-state index in [2.05, 4.69) is 52.7 Å². The highest BCUT2D eigenvalue weighted by Crippen LogP contribution is 2.45. The average Bonchev–Trinajstić information content (AvgIpc) is 3.55. The Morgan fingerprint density at radius 3 is 2.51 bits per heavy atom. The van der Waals surface area contributed by atoms with Gasteiger partial charge in [-0.25, -0.2) is 5.01 Å². The van der Waals surface area contributed by atoms with E-state index in [1.165, 1.54) is 35.7 Å². The normalized spacial score (nSPS) is 22.8. The van der Waals surface area contributed by atoms with Gasteiger partial charge in [0.1, 0.15) is 5.82 Å². The molecule has 1 amide bonds. The molecule has 2 unspecified atom stereocenters. The number of aromatic nitrogens is 3. The molecule has 0 radical (unpaired) electrons. The van der Waals surface area contributed by atoms with Crippen molar-refractivity contribution < 1.29 is 4.79 Å². The van der Waals surface area contributed by atoms with E-state index in [0.29, 0.717) is 11.7 Å². The number of hydrogen-bond donors (Lipinski definition) is 0. The van der Waals surface area contributed by atoms with Gasteiger partial charge in [0.05, 0.1) is 17.5 Å². The Labute approximate surface area is 210 Å². The van der Waals surface area contributed by atoms with Crippen LogP contribution in [0.2, 0.25) is 0 Å². The summed E-state index contributed by atoms with van der Waals surface area (Å²) in [5.74, 6) is 2.08. The molecule has 7 heteroatoms. The summed E-state index contributed by atoms with van der Waals surface area (Å²) in [6.07, 6.45) is 7.74. The Balaban J connectivity index is 1.28. The molecular weight excluding hydrogens is 454 g/mol. The summed E-state index contributed by atoms with van der Waals surface area (Å²) >= 11 is 1.46. The molecule has 2 atom stereocenters. The summed E-state index contributed by atoms with van der Waals surface area (Å²) in [7, 11) is 2.00. The van der Waals surface area contributed by atoms with Gasteiger partial charge in [0.15, 0.2) is 5.16 Å². The van der Waals surface area contributed by atoms with E-state index in [1.54, 1.807) is 5.01 Å². The minimum absolute atomic E-state index is 0.0146. The highest BCUT2D eigenvalue weighted by atomic mass is 32.2. The van der Waals surface area contributed by atoms with Gasteiger partial charge in [-0.2, -0.15) is 5.10 Å². The number of hydrazone groups is 1. The van der Waals surface area contributed by atoms with Gasteiger partial charge >= 0.3 is 0 Å². The molecule has 6 rings (SSSR count). The molecule has 35 heavy (non-hydrogen) atoms. The van der Waals surface area contributed by atoms with Gasteiger partial charge in [-0.3, -0.25) is 4.79 Å². The first-order valence-electron chi connectivity index (χ1n) is 12.4. The van der Waals surface area contributed by atoms with Crippen molar-refractivity contribution in [3.05, 3.63) is 83.2 Å². The van der Waals surface area contributed by atoms with E-state index < -0.39 is 0 Å². The van der Waals surface area contributed by atoms with E-state index in [1.807, 2.05) is 35.9 Å². The lowest BCUT2D eigenvalue weighted by Crippen LogP contribution is -2.32. The smallest absolute Gasteiger partial charge is 0.253 e. The van der Waals surface area contributed by atoms with E-state index in [0.717, 1.165) is 41.5 Å². The number of amides is 1. The highest BCUT2D eigenvalue weighted by Gasteiger charge is 2.43. The van der Waals surface area contributed by atoms with Crippen LogP contribution < -0.4 is 0 Å². The zero-order chi connectivity index (χ0) is 23.8. The molecule has 178 valence electrons. The van der Waals surface area contributed by atoms with Crippen LogP contribution in [0.5, 0.6) is 0 Å². The number of thioether (sulfide) groups is 1. The van der Waals surface area contributed by atoms with Crippen LogP contribution in [-0.4, -0.2) is 37.1 Å². The lowest BCUT2D eigenvalue weighted by molar-refractivity contribution is -0.130. The van der Waals surface area contributed by atoms with E-state index >= 15 is 0 Å². The Bertz CT molecular complexity index is 1280. The van der Waals surface area contributed by atoms with Crippen molar-refractivity contribution >= 4 is 29.5 Å². The number of carbonyl (C=O) groups excluding carboxylic acids is 1. The zero-order valence-corrected chi connectivity index (χ0v) is 20.7. The molecule has 1 aromatic heterocycles. The quantitative estimate of drug-likeness (QED) is 0.428. The summed E-state index contributed by atoms with van der Waals surface area (Å²) in [5.41, 5.74) is 4.64. The predicted molar refractivity (Wildman–Crippen MR) is 139 cm³/mol. The third-order valence-corrected chi connectivity index (χ3v) is 8.18. The number of fused-ring (bicyclic) bond motifs is 1. The maximum Gasteiger partial charge on any atom is 0.253 e. The van der Waals surface area contributed by atoms with Crippen molar-refractivity contribution in [1.29, 1.82) is 0 Å². The Morgan fingerprint density at radius 2 is 1.77 bits per heavy atom. The third-order valence-electron chi connectivity index (χ3n) is 7.17. The van der Waals surface area contributed by atoms with Gasteiger partial charge in [-0.15, -0.1) is 10.2 Å². The van der Waals surface area contributed by atoms with Crippen molar-refractivity contribution in [2.45, 2.75) is 49.2 Å². The summed E-state index contributed by atoms with van der Waals surface area (Å²) < 4.78 is 2.04. The molecule has 3 aromatic rings. The van der Waals surface area contributed by atoms with E-state index in [9.17, 15) is 4.79 Å². The number of nitrogens with zero attached hydrogens (tertiary/aromatic N) is 5. The third kappa shape index (κ3) is 4.45. The fourth-order valence-corrected chi connectivity index (χ4v) is 6.05. The maximum absolute atomic E-state index is 13.6. The van der Waals surface area contributed by atoms with Crippen molar-refractivity contribution in [2.75, 3.05) is 5.75 Å². The summed E-state index contributed by atoms with van der Waals surface area (Å²) in [5, 5.41) is 16.3. The number of carbonyl (C=O) groups is 1. The zero-order valence-electron chi connectivity index (χ0n) is 19.9. The molecule has 6 nitrogen and oxygen atoms in total. The van der Waals surface area contributed by atoms with Crippen molar-refractivity contribution in [3.63, 3.8) is 0 Å². The second-order valence-electron chi connectivity index (χ2n) is 9.62. The molecule has 0 saturated heterocycles. The van der Waals surface area contributed by atoms with Gasteiger partial charge in [0.2, 0.25) is 0 Å². The molecule has 0 bridgehead atoms. The Kier molecular flexibility index (Phi) is 6.02. The SMILES string of the molecule is Cn1c(SCC(=O)N2N=C3/C(=C\c4ccccc4)CCCC3C2c2ccccc2)nnc1C1CC1. The summed E-state index contributed by atoms with van der Waals surface area (Å²) in [6, 6.07) is 20.7. The van der Waals surface area contributed by atoms with Crippen molar-refractivity contribution in [3.8, 4) is 0 Å². The fraction of sp³-hybridized carbons (Fsp3) is 0.357. The fourth-order valence-electron chi connectivity index (χ4n) is 5.28. The highest BCUT2D eigenvalue weighted by molar-refractivity contribution is 7.99. The monoisotopic (exact) mass is 483 g/mol. The van der Waals surface area contributed by atoms with Crippen LogP contribution >= 0.6 is 11.8 Å². The number of allylic oxidation sites excluding steroid dienone is 1. The maximum atomic E-state index is 13.6. The molecule has 0 spiro atoms. The molecule has 1 aliphatic heterocycles. The van der Waals surface area contributed by atoms with Crippen LogP contribution in [0.15, 0.2) is 76.5 Å². The summed E-state index contributed by atoms with van der Waals surface area (Å²) in [6.45, 7) is 0. The largest absolute Gasteiger partial charge is 0.309 e. The van der Waals surface area contributed by atoms with Gasteiger partial charge in [0, 0.05) is 18.9 Å². The van der Waals surface area contributed by atoms with Crippen LogP contribution in [0.3, 0.4) is 0 Å². The predicted octanol–water partition coefficient (Wildman–Crippen LogP) is 5.61. The lowest BCUT2D eigenvalue weighted by Gasteiger charge is -2.29. The van der Waals surface area contributed by atoms with Gasteiger partial charge < -0.3 is 4.57 Å². The molecule has 0 N–H and O–H groups in total. The molecule has 3 aliphatic rings. The standard InChI is InChI=1S/C28H29N5OS/c1-32-27(21-15-16-21)29-30-28(32)35-18-24(34)33-26(20-11-6-3-7-12-20)23-14-8-13-22(25(23)31-33)17-19-9-4-2-5-10-19/h2-7,9-12,17,21,23,26H,8,13-16,18H2,1H3/b22-17-. The van der Waals surface area contributed by atoms with Gasteiger partial charge in [-0.1, -0.05) is 72.4 Å². The first-order chi connectivity index (χ1) is 17.2. The molecule has 2 aromatic carbocycles. The van der Waals surface area contributed by atoms with Crippen LogP contribution in [0.25, 0.3) is 6.08 Å². The molecule has 2 fully saturated rings. The Hall–Kier alpha value is -3.19. The van der Waals surface area contributed by atoms with Crippen LogP contribution in [0.1, 0.15) is 61.0 Å². The topological polar surface area (TPSA) is 63.4 Å². The van der Waals surface area contributed by atoms with Crippen molar-refractivity contribution in [1.82, 2.24) is 19.8 Å². The van der Waals surface area contributed by atoms with Gasteiger partial charge in [-0.05, 0) is 54.9 Å². The first-order valence-corrected chi connectivity index (χ1v) is 13.4. The van der Waals surface area contributed by atoms with Crippen LogP contribution in [0, 0.1) is 5.92 Å². The minimum Gasteiger partial charge on any atom is -0.309 e. The van der Waals surface area contributed by atoms with E-state index in [-0.39, 0.29) is 17.9 Å². The van der Waals surface area contributed by atoms with Crippen molar-refractivity contribution in [2.24, 2.45) is 18.1 Å². The summed E-state index contributed by atoms with van der Waals surface area (Å²) in [4.78, 5) is 13.6. The lowest BCUT2D eigenvalue weighted by atomic mass is 9.77. The number of hydrogen-bond acceptors (Lipinski definition) is 5. The second-order valence-corrected chi connectivity index (χ2v) is 10.6. The van der Waals surface area contributed by atoms with Gasteiger partial charge in [0.25, 0.3) is 5.91 Å². The number of rotatable bonds is 6. The van der Waals surface area contributed by atoms with Crippen LogP contribution in [0.4, 0.5) is 0 Å². The minimum atomic E-state index is -0.0692. The average molecular weight is 484 g/mol.